The van der Waals surface area contributed by atoms with Gasteiger partial charge in [0.15, 0.2) is 0 Å². The average Bonchev–Trinajstić information content (AvgIpc) is 2.51. The van der Waals surface area contributed by atoms with Crippen LogP contribution < -0.4 is 9.80 Å². The number of aliphatic hydroxyl groups excluding tert-OH is 1. The molecule has 0 saturated carbocycles. The van der Waals surface area contributed by atoms with Gasteiger partial charge < -0.3 is 14.9 Å². The van der Waals surface area contributed by atoms with Crippen LogP contribution in [0.25, 0.3) is 0 Å². The van der Waals surface area contributed by atoms with Gasteiger partial charge in [-0.2, -0.15) is 0 Å². The number of fused-ring (bicyclic) bond motifs is 1. The van der Waals surface area contributed by atoms with Crippen molar-refractivity contribution in [3.05, 3.63) is 0 Å². The summed E-state index contributed by atoms with van der Waals surface area (Å²) in [5, 5.41) is 10.9. The first-order valence-corrected chi connectivity index (χ1v) is 7.35. The zero-order valence-corrected chi connectivity index (χ0v) is 11.6. The predicted molar refractivity (Wildman–Crippen MR) is 67.1 cm³/mol. The van der Waals surface area contributed by atoms with E-state index >= 15 is 0 Å². The van der Waals surface area contributed by atoms with E-state index in [1.165, 1.54) is 45.7 Å². The number of rotatable bonds is 2. The Labute approximate surface area is 105 Å². The van der Waals surface area contributed by atoms with Gasteiger partial charge in [0, 0.05) is 0 Å². The lowest BCUT2D eigenvalue weighted by molar-refractivity contribution is -0.920. The van der Waals surface area contributed by atoms with Gasteiger partial charge in [0.05, 0.1) is 43.1 Å². The molecule has 3 nitrogen and oxygen atoms in total. The molecule has 17 heavy (non-hydrogen) atoms. The Kier molecular flexibility index (Phi) is 2.59. The monoisotopic (exact) mass is 240 g/mol. The first kappa shape index (κ1) is 11.9. The van der Waals surface area contributed by atoms with E-state index in [9.17, 15) is 5.11 Å². The summed E-state index contributed by atoms with van der Waals surface area (Å²) in [6.45, 7) is 14.4. The van der Waals surface area contributed by atoms with Crippen LogP contribution in [0.4, 0.5) is 0 Å². The number of piperidine rings is 2. The van der Waals surface area contributed by atoms with Gasteiger partial charge in [-0.15, -0.1) is 0 Å². The van der Waals surface area contributed by atoms with Gasteiger partial charge in [-0.05, 0) is 12.8 Å². The van der Waals surface area contributed by atoms with Gasteiger partial charge in [-0.1, -0.05) is 20.3 Å². The summed E-state index contributed by atoms with van der Waals surface area (Å²) in [5.74, 6) is 0.653. The molecule has 0 spiro atoms. The van der Waals surface area contributed by atoms with Crippen LogP contribution in [-0.2, 0) is 0 Å². The highest BCUT2D eigenvalue weighted by molar-refractivity contribution is 5.03. The van der Waals surface area contributed by atoms with Crippen molar-refractivity contribution in [3.63, 3.8) is 0 Å². The molecule has 0 aliphatic carbocycles. The smallest absolute Gasteiger partial charge is 0.127 e. The third kappa shape index (κ3) is 1.52. The van der Waals surface area contributed by atoms with E-state index in [1.807, 2.05) is 0 Å². The normalized spacial score (nSPS) is 54.7. The SMILES string of the molecule is CCC(C)C12C[NH+]3CC[NH+](CC(C)(C3)C1O)C2. The van der Waals surface area contributed by atoms with Crippen LogP contribution in [0.5, 0.6) is 0 Å². The quantitative estimate of drug-likeness (QED) is 0.522. The molecule has 98 valence electrons. The minimum absolute atomic E-state index is 0.0736. The van der Waals surface area contributed by atoms with Crippen molar-refractivity contribution in [3.8, 4) is 0 Å². The summed E-state index contributed by atoms with van der Waals surface area (Å²) in [5.41, 5.74) is 0.363. The Hall–Kier alpha value is -0.120. The molecule has 4 bridgehead atoms. The van der Waals surface area contributed by atoms with Gasteiger partial charge in [0.2, 0.25) is 0 Å². The number of aliphatic hydroxyl groups is 1. The van der Waals surface area contributed by atoms with Crippen LogP contribution in [0.2, 0.25) is 0 Å². The van der Waals surface area contributed by atoms with E-state index in [0.717, 1.165) is 0 Å². The van der Waals surface area contributed by atoms with Gasteiger partial charge in [-0.25, -0.2) is 0 Å². The minimum atomic E-state index is -0.0736. The summed E-state index contributed by atoms with van der Waals surface area (Å²) < 4.78 is 0. The first-order valence-electron chi connectivity index (χ1n) is 7.35. The molecule has 0 aromatic heterocycles. The number of quaternary nitrogens is 2. The zero-order chi connectivity index (χ0) is 12.3. The fraction of sp³-hybridized carbons (Fsp3) is 1.00. The van der Waals surface area contributed by atoms with Crippen LogP contribution in [0.1, 0.15) is 27.2 Å². The van der Waals surface area contributed by atoms with Crippen molar-refractivity contribution in [2.24, 2.45) is 16.7 Å². The molecule has 4 rings (SSSR count). The van der Waals surface area contributed by atoms with Crippen LogP contribution in [0.15, 0.2) is 0 Å². The molecule has 4 fully saturated rings. The van der Waals surface area contributed by atoms with E-state index in [2.05, 4.69) is 20.8 Å². The largest absolute Gasteiger partial charge is 0.391 e. The van der Waals surface area contributed by atoms with Crippen LogP contribution in [0, 0.1) is 16.7 Å². The highest BCUT2D eigenvalue weighted by atomic mass is 16.3. The maximum Gasteiger partial charge on any atom is 0.127 e. The Morgan fingerprint density at radius 2 is 1.71 bits per heavy atom. The van der Waals surface area contributed by atoms with Gasteiger partial charge >= 0.3 is 0 Å². The third-order valence-corrected chi connectivity index (χ3v) is 6.10. The molecular weight excluding hydrogens is 212 g/mol. The first-order chi connectivity index (χ1) is 8.00. The Morgan fingerprint density at radius 3 is 2.18 bits per heavy atom. The fourth-order valence-corrected chi connectivity index (χ4v) is 5.14. The van der Waals surface area contributed by atoms with Crippen molar-refractivity contribution >= 4 is 0 Å². The van der Waals surface area contributed by atoms with Gasteiger partial charge in [-0.3, -0.25) is 0 Å². The standard InChI is InChI=1S/C14H26N2O/c1-4-11(2)14-9-15-5-6-16(10-14)8-13(3,7-15)12(14)17/h11-12,17H,4-10H2,1-3H3/p+2. The van der Waals surface area contributed by atoms with Crippen molar-refractivity contribution in [2.45, 2.75) is 33.3 Å². The van der Waals surface area contributed by atoms with E-state index in [1.54, 1.807) is 9.80 Å². The van der Waals surface area contributed by atoms with E-state index in [0.29, 0.717) is 5.92 Å². The molecule has 0 aromatic carbocycles. The molecule has 4 unspecified atom stereocenters. The Morgan fingerprint density at radius 1 is 1.18 bits per heavy atom. The predicted octanol–water partition coefficient (Wildman–Crippen LogP) is -1.80. The van der Waals surface area contributed by atoms with Crippen LogP contribution >= 0.6 is 0 Å². The van der Waals surface area contributed by atoms with Crippen LogP contribution in [0.3, 0.4) is 0 Å². The van der Waals surface area contributed by atoms with E-state index < -0.39 is 0 Å². The fourth-order valence-electron chi connectivity index (χ4n) is 5.14. The molecule has 4 aliphatic rings. The topological polar surface area (TPSA) is 29.1 Å². The molecule has 3 N–H and O–H groups in total. The minimum Gasteiger partial charge on any atom is -0.391 e. The summed E-state index contributed by atoms with van der Waals surface area (Å²) in [4.78, 5) is 3.51. The summed E-state index contributed by atoms with van der Waals surface area (Å²) in [6, 6.07) is 0. The second kappa shape index (κ2) is 3.69. The van der Waals surface area contributed by atoms with Gasteiger partial charge in [0.25, 0.3) is 0 Å². The van der Waals surface area contributed by atoms with Crippen molar-refractivity contribution in [1.29, 1.82) is 0 Å². The number of hydrogen-bond acceptors (Lipinski definition) is 1. The molecule has 0 aromatic rings. The molecule has 0 radical (unpaired) electrons. The van der Waals surface area contributed by atoms with Crippen molar-refractivity contribution < 1.29 is 14.9 Å². The maximum absolute atomic E-state index is 10.9. The highest BCUT2D eigenvalue weighted by Gasteiger charge is 2.65. The lowest BCUT2D eigenvalue weighted by Gasteiger charge is -2.56. The lowest BCUT2D eigenvalue weighted by Crippen LogP contribution is -3.19. The third-order valence-electron chi connectivity index (χ3n) is 6.10. The Balaban J connectivity index is 2.03. The Bertz CT molecular complexity index is 301. The molecular formula is C14H28N2O+2. The van der Waals surface area contributed by atoms with Crippen LogP contribution in [-0.4, -0.2) is 50.5 Å². The molecule has 3 heteroatoms. The zero-order valence-electron chi connectivity index (χ0n) is 11.6. The van der Waals surface area contributed by atoms with Crippen molar-refractivity contribution in [1.82, 2.24) is 0 Å². The highest BCUT2D eigenvalue weighted by Crippen LogP contribution is 2.43. The molecule has 0 amide bonds. The molecule has 4 atom stereocenters. The molecule has 4 aliphatic heterocycles. The number of nitrogens with one attached hydrogen (secondary N) is 2. The average molecular weight is 240 g/mol. The second-order valence-electron chi connectivity index (χ2n) is 7.31. The number of hydrogen-bond donors (Lipinski definition) is 3. The summed E-state index contributed by atoms with van der Waals surface area (Å²) >= 11 is 0. The van der Waals surface area contributed by atoms with E-state index in [4.69, 9.17) is 0 Å². The summed E-state index contributed by atoms with van der Waals surface area (Å²) in [6.07, 6.45) is 1.13. The van der Waals surface area contributed by atoms with Gasteiger partial charge in [0.1, 0.15) is 13.1 Å². The second-order valence-corrected chi connectivity index (χ2v) is 7.31. The molecule has 4 heterocycles. The van der Waals surface area contributed by atoms with E-state index in [-0.39, 0.29) is 16.9 Å². The van der Waals surface area contributed by atoms with Crippen molar-refractivity contribution in [2.75, 3.05) is 39.3 Å². The lowest BCUT2D eigenvalue weighted by atomic mass is 9.57. The maximum atomic E-state index is 10.9. The summed E-state index contributed by atoms with van der Waals surface area (Å²) in [7, 11) is 0. The molecule has 4 saturated heterocycles.